The Morgan fingerprint density at radius 2 is 2.14 bits per heavy atom. The number of carbonyl (C=O) groups is 1. The van der Waals surface area contributed by atoms with Gasteiger partial charge in [-0.05, 0) is 49.7 Å². The van der Waals surface area contributed by atoms with Crippen LogP contribution in [0.3, 0.4) is 0 Å². The van der Waals surface area contributed by atoms with Crippen LogP contribution >= 0.6 is 22.9 Å². The van der Waals surface area contributed by atoms with Gasteiger partial charge < -0.3 is 19.4 Å². The maximum Gasteiger partial charge on any atom is 0.242 e. The molecule has 0 saturated carbocycles. The molecule has 0 radical (unpaired) electrons. The number of H-pyrrole nitrogens is 1. The van der Waals surface area contributed by atoms with Crippen LogP contribution in [0.2, 0.25) is 5.02 Å². The number of imidazole rings is 1. The molecule has 4 aromatic heterocycles. The molecule has 5 heterocycles. The Bertz CT molecular complexity index is 1520. The van der Waals surface area contributed by atoms with Gasteiger partial charge >= 0.3 is 0 Å². The molecule has 1 unspecified atom stereocenters. The first-order valence-electron chi connectivity index (χ1n) is 11.5. The van der Waals surface area contributed by atoms with E-state index in [0.717, 1.165) is 57.2 Å². The normalized spacial score (nSPS) is 16.5. The number of aromatic nitrogens is 5. The van der Waals surface area contributed by atoms with Crippen LogP contribution in [0.5, 0.6) is 0 Å². The number of pyridine rings is 1. The number of nitrogens with one attached hydrogen (secondary N) is 1. The first kappa shape index (κ1) is 22.1. The van der Waals surface area contributed by atoms with Gasteiger partial charge in [-0.25, -0.2) is 15.0 Å². The van der Waals surface area contributed by atoms with Crippen LogP contribution in [-0.4, -0.2) is 61.0 Å². The van der Waals surface area contributed by atoms with Crippen molar-refractivity contribution in [1.29, 1.82) is 0 Å². The van der Waals surface area contributed by atoms with E-state index in [1.54, 1.807) is 17.5 Å². The van der Waals surface area contributed by atoms with E-state index in [1.807, 2.05) is 58.4 Å². The van der Waals surface area contributed by atoms with E-state index in [1.165, 1.54) is 0 Å². The molecule has 0 aliphatic carbocycles. The first-order chi connectivity index (χ1) is 17.0. The Labute approximate surface area is 211 Å². The van der Waals surface area contributed by atoms with Crippen molar-refractivity contribution in [3.8, 4) is 11.5 Å². The lowest BCUT2D eigenvalue weighted by atomic mass is 10.2. The molecule has 1 fully saturated rings. The summed E-state index contributed by atoms with van der Waals surface area (Å²) in [4.78, 5) is 34.6. The summed E-state index contributed by atoms with van der Waals surface area (Å²) in [5.41, 5.74) is 6.29. The topological polar surface area (TPSA) is 82.9 Å². The van der Waals surface area contributed by atoms with E-state index in [9.17, 15) is 4.79 Å². The van der Waals surface area contributed by atoms with E-state index >= 15 is 0 Å². The zero-order valence-corrected chi connectivity index (χ0v) is 21.0. The number of halogens is 1. The highest BCUT2D eigenvalue weighted by Gasteiger charge is 2.30. The van der Waals surface area contributed by atoms with Gasteiger partial charge in [0.2, 0.25) is 5.91 Å². The van der Waals surface area contributed by atoms with Gasteiger partial charge in [0.15, 0.2) is 5.82 Å². The van der Waals surface area contributed by atoms with Crippen LogP contribution in [0.1, 0.15) is 12.5 Å². The molecule has 10 heteroatoms. The molecule has 0 bridgehead atoms. The monoisotopic (exact) mass is 505 g/mol. The third-order valence-corrected chi connectivity index (χ3v) is 7.89. The number of hydrogen-bond donors (Lipinski definition) is 1. The average Bonchev–Trinajstić information content (AvgIpc) is 3.58. The van der Waals surface area contributed by atoms with E-state index in [4.69, 9.17) is 16.6 Å². The summed E-state index contributed by atoms with van der Waals surface area (Å²) >= 11 is 7.89. The van der Waals surface area contributed by atoms with Gasteiger partial charge in [-0.2, -0.15) is 0 Å². The summed E-state index contributed by atoms with van der Waals surface area (Å²) < 4.78 is 1.92. The van der Waals surface area contributed by atoms with Crippen LogP contribution in [0.25, 0.3) is 33.6 Å². The molecule has 0 spiro atoms. The van der Waals surface area contributed by atoms with Gasteiger partial charge in [0.05, 0.1) is 16.5 Å². The minimum atomic E-state index is 0.0677. The second kappa shape index (κ2) is 8.66. The molecule has 8 nitrogen and oxygen atoms in total. The number of amides is 1. The van der Waals surface area contributed by atoms with Gasteiger partial charge in [0.1, 0.15) is 22.9 Å². The molecule has 1 aliphatic rings. The molecule has 1 N–H and O–H groups in total. The lowest BCUT2D eigenvalue weighted by Gasteiger charge is -2.40. The summed E-state index contributed by atoms with van der Waals surface area (Å²) in [5.74, 6) is 0.838. The fourth-order valence-corrected chi connectivity index (χ4v) is 5.77. The lowest BCUT2D eigenvalue weighted by molar-refractivity contribution is -0.134. The first-order valence-corrected chi connectivity index (χ1v) is 12.8. The predicted molar refractivity (Wildman–Crippen MR) is 140 cm³/mol. The van der Waals surface area contributed by atoms with Crippen molar-refractivity contribution in [2.24, 2.45) is 0 Å². The number of carbonyl (C=O) groups excluding carboxylic acids is 1. The van der Waals surface area contributed by atoms with Crippen LogP contribution in [0, 0.1) is 6.92 Å². The third kappa shape index (κ3) is 3.94. The maximum atomic E-state index is 13.2. The number of rotatable bonds is 4. The predicted octanol–water partition coefficient (Wildman–Crippen LogP) is 4.74. The number of anilines is 1. The Morgan fingerprint density at radius 3 is 3.00 bits per heavy atom. The van der Waals surface area contributed by atoms with Gasteiger partial charge in [0.25, 0.3) is 0 Å². The number of piperazine rings is 1. The highest BCUT2D eigenvalue weighted by Crippen LogP contribution is 2.35. The van der Waals surface area contributed by atoms with E-state index < -0.39 is 0 Å². The molecule has 6 rings (SSSR count). The molecular weight excluding hydrogens is 482 g/mol. The highest BCUT2D eigenvalue weighted by atomic mass is 35.5. The number of benzene rings is 1. The Balaban J connectivity index is 1.19. The molecule has 5 aromatic rings. The highest BCUT2D eigenvalue weighted by molar-refractivity contribution is 7.14. The van der Waals surface area contributed by atoms with Gasteiger partial charge in [0, 0.05) is 48.5 Å². The minimum absolute atomic E-state index is 0.0677. The largest absolute Gasteiger partial charge is 0.358 e. The summed E-state index contributed by atoms with van der Waals surface area (Å²) in [6.45, 7) is 6.49. The third-order valence-electron chi connectivity index (χ3n) is 6.60. The van der Waals surface area contributed by atoms with Crippen molar-refractivity contribution in [3.05, 3.63) is 58.8 Å². The van der Waals surface area contributed by atoms with Crippen LogP contribution in [0.4, 0.5) is 5.00 Å². The molecular formula is C25H24ClN7OS. The SMILES string of the molecule is Cc1cc2[nH]c(-c3ncsc3N3CCN(C(=O)Cn4ccc5cccnc54)C(C)C3)nc2cc1Cl. The van der Waals surface area contributed by atoms with Crippen molar-refractivity contribution < 1.29 is 4.79 Å². The minimum Gasteiger partial charge on any atom is -0.358 e. The van der Waals surface area contributed by atoms with Crippen molar-refractivity contribution in [2.75, 3.05) is 24.5 Å². The molecule has 1 saturated heterocycles. The second-order valence-corrected chi connectivity index (χ2v) is 10.2. The van der Waals surface area contributed by atoms with Crippen LogP contribution in [-0.2, 0) is 11.3 Å². The van der Waals surface area contributed by atoms with Crippen LogP contribution in [0.15, 0.2) is 48.2 Å². The smallest absolute Gasteiger partial charge is 0.242 e. The lowest BCUT2D eigenvalue weighted by Crippen LogP contribution is -2.54. The molecule has 1 aromatic carbocycles. The number of hydrogen-bond acceptors (Lipinski definition) is 6. The fraction of sp³-hybridized carbons (Fsp3) is 0.280. The Kier molecular flexibility index (Phi) is 5.46. The van der Waals surface area contributed by atoms with Gasteiger partial charge in [-0.15, -0.1) is 11.3 Å². The molecule has 1 aliphatic heterocycles. The van der Waals surface area contributed by atoms with E-state index in [0.29, 0.717) is 11.6 Å². The van der Waals surface area contributed by atoms with Crippen molar-refractivity contribution in [3.63, 3.8) is 0 Å². The summed E-state index contributed by atoms with van der Waals surface area (Å²) in [6.07, 6.45) is 3.69. The van der Waals surface area contributed by atoms with Crippen molar-refractivity contribution >= 4 is 55.9 Å². The number of nitrogens with zero attached hydrogens (tertiary/aromatic N) is 6. The zero-order chi connectivity index (χ0) is 24.1. The fourth-order valence-electron chi connectivity index (χ4n) is 4.78. The van der Waals surface area contributed by atoms with E-state index in [2.05, 4.69) is 26.8 Å². The molecule has 35 heavy (non-hydrogen) atoms. The number of fused-ring (bicyclic) bond motifs is 2. The number of thiazole rings is 1. The molecule has 178 valence electrons. The summed E-state index contributed by atoms with van der Waals surface area (Å²) in [7, 11) is 0. The molecule has 1 atom stereocenters. The van der Waals surface area contributed by atoms with E-state index in [-0.39, 0.29) is 18.5 Å². The van der Waals surface area contributed by atoms with Crippen molar-refractivity contribution in [2.45, 2.75) is 26.4 Å². The summed E-state index contributed by atoms with van der Waals surface area (Å²) in [6, 6.07) is 9.87. The Morgan fingerprint density at radius 1 is 1.26 bits per heavy atom. The number of aromatic amines is 1. The standard InChI is InChI=1S/C25H24ClN7OS/c1-15-10-19-20(11-18(15)26)30-23(29-19)22-25(35-14-28-22)32-8-9-33(16(2)12-32)21(34)13-31-7-5-17-4-3-6-27-24(17)31/h3-7,10-11,14,16H,8-9,12-13H2,1-2H3,(H,29,30). The average molecular weight is 506 g/mol. The molecule has 1 amide bonds. The number of aryl methyl sites for hydroxylation is 1. The quantitative estimate of drug-likeness (QED) is 0.381. The Hall–Kier alpha value is -3.43. The van der Waals surface area contributed by atoms with Gasteiger partial charge in [-0.3, -0.25) is 4.79 Å². The van der Waals surface area contributed by atoms with Crippen molar-refractivity contribution in [1.82, 2.24) is 29.4 Å². The second-order valence-electron chi connectivity index (χ2n) is 8.95. The zero-order valence-electron chi connectivity index (χ0n) is 19.4. The van der Waals surface area contributed by atoms with Gasteiger partial charge in [-0.1, -0.05) is 11.6 Å². The summed E-state index contributed by atoms with van der Waals surface area (Å²) in [5, 5.41) is 2.80. The maximum absolute atomic E-state index is 13.2. The van der Waals surface area contributed by atoms with Crippen LogP contribution < -0.4 is 4.90 Å².